The maximum Gasteiger partial charge on any atom is 0.329 e. The number of rotatable bonds is 7. The first kappa shape index (κ1) is 15.4. The van der Waals surface area contributed by atoms with Crippen molar-refractivity contribution >= 4 is 17.5 Å². The second-order valence-corrected chi connectivity index (χ2v) is 5.27. The SMILES string of the molecule is CCCNc1ncc([N+](=O)[O-])c(NCC2CCCN2C)n1. The van der Waals surface area contributed by atoms with Gasteiger partial charge in [-0.05, 0) is 32.9 Å². The fourth-order valence-electron chi connectivity index (χ4n) is 2.41. The van der Waals surface area contributed by atoms with E-state index in [1.54, 1.807) is 0 Å². The van der Waals surface area contributed by atoms with Crippen molar-refractivity contribution in [3.8, 4) is 0 Å². The van der Waals surface area contributed by atoms with Gasteiger partial charge in [-0.2, -0.15) is 4.98 Å². The Balaban J connectivity index is 2.08. The highest BCUT2D eigenvalue weighted by atomic mass is 16.6. The maximum atomic E-state index is 11.1. The molecular weight excluding hydrogens is 272 g/mol. The summed E-state index contributed by atoms with van der Waals surface area (Å²) < 4.78 is 0. The van der Waals surface area contributed by atoms with Gasteiger partial charge in [-0.25, -0.2) is 4.98 Å². The molecule has 2 N–H and O–H groups in total. The zero-order chi connectivity index (χ0) is 15.2. The Kier molecular flexibility index (Phi) is 5.26. The van der Waals surface area contributed by atoms with Crippen molar-refractivity contribution in [2.75, 3.05) is 37.3 Å². The van der Waals surface area contributed by atoms with Crippen LogP contribution in [0.15, 0.2) is 6.20 Å². The monoisotopic (exact) mass is 294 g/mol. The molecule has 116 valence electrons. The number of likely N-dealkylation sites (N-methyl/N-ethyl adjacent to an activating group) is 1. The Bertz CT molecular complexity index is 496. The van der Waals surface area contributed by atoms with E-state index in [-0.39, 0.29) is 11.5 Å². The van der Waals surface area contributed by atoms with E-state index in [1.807, 2.05) is 6.92 Å². The van der Waals surface area contributed by atoms with Crippen LogP contribution in [0.5, 0.6) is 0 Å². The van der Waals surface area contributed by atoms with Gasteiger partial charge < -0.3 is 15.5 Å². The summed E-state index contributed by atoms with van der Waals surface area (Å²) in [5.74, 6) is 0.707. The molecule has 1 aromatic heterocycles. The highest BCUT2D eigenvalue weighted by Crippen LogP contribution is 2.23. The van der Waals surface area contributed by atoms with Crippen LogP contribution in [-0.2, 0) is 0 Å². The minimum atomic E-state index is -0.454. The summed E-state index contributed by atoms with van der Waals surface area (Å²) in [4.78, 5) is 21.1. The predicted octanol–water partition coefficient (Wildman–Crippen LogP) is 1.71. The van der Waals surface area contributed by atoms with Crippen LogP contribution < -0.4 is 10.6 Å². The van der Waals surface area contributed by atoms with E-state index in [1.165, 1.54) is 6.20 Å². The minimum absolute atomic E-state index is 0.0855. The van der Waals surface area contributed by atoms with Crippen LogP contribution in [0.1, 0.15) is 26.2 Å². The van der Waals surface area contributed by atoms with Gasteiger partial charge in [0.1, 0.15) is 6.20 Å². The number of nitrogens with one attached hydrogen (secondary N) is 2. The normalized spacial score (nSPS) is 18.7. The molecule has 0 radical (unpaired) electrons. The molecule has 0 aliphatic carbocycles. The number of nitro groups is 1. The molecule has 0 spiro atoms. The van der Waals surface area contributed by atoms with Crippen LogP contribution in [0.25, 0.3) is 0 Å². The summed E-state index contributed by atoms with van der Waals surface area (Å²) in [7, 11) is 2.07. The Morgan fingerprint density at radius 2 is 2.33 bits per heavy atom. The van der Waals surface area contributed by atoms with Crippen LogP contribution in [0.2, 0.25) is 0 Å². The van der Waals surface area contributed by atoms with Gasteiger partial charge >= 0.3 is 5.69 Å². The number of anilines is 2. The lowest BCUT2D eigenvalue weighted by molar-refractivity contribution is -0.384. The number of hydrogen-bond donors (Lipinski definition) is 2. The third-order valence-corrected chi connectivity index (χ3v) is 3.68. The van der Waals surface area contributed by atoms with Crippen LogP contribution in [0.4, 0.5) is 17.5 Å². The fraction of sp³-hybridized carbons (Fsp3) is 0.692. The van der Waals surface area contributed by atoms with Gasteiger partial charge in [0.05, 0.1) is 4.92 Å². The van der Waals surface area contributed by atoms with Crippen molar-refractivity contribution in [1.29, 1.82) is 0 Å². The van der Waals surface area contributed by atoms with Gasteiger partial charge in [0.25, 0.3) is 0 Å². The number of likely N-dealkylation sites (tertiary alicyclic amines) is 1. The van der Waals surface area contributed by atoms with Crippen LogP contribution in [0.3, 0.4) is 0 Å². The molecule has 1 atom stereocenters. The lowest BCUT2D eigenvalue weighted by atomic mass is 10.2. The molecule has 1 fully saturated rings. The summed E-state index contributed by atoms with van der Waals surface area (Å²) in [6, 6.07) is 0.395. The highest BCUT2D eigenvalue weighted by molar-refractivity contribution is 5.57. The first-order valence-electron chi connectivity index (χ1n) is 7.31. The quantitative estimate of drug-likeness (QED) is 0.583. The fourth-order valence-corrected chi connectivity index (χ4v) is 2.41. The molecule has 2 rings (SSSR count). The molecule has 0 saturated carbocycles. The minimum Gasteiger partial charge on any atom is -0.363 e. The zero-order valence-corrected chi connectivity index (χ0v) is 12.5. The zero-order valence-electron chi connectivity index (χ0n) is 12.5. The van der Waals surface area contributed by atoms with Crippen molar-refractivity contribution < 1.29 is 4.92 Å². The summed E-state index contributed by atoms with van der Waals surface area (Å²) in [6.45, 7) is 4.50. The van der Waals surface area contributed by atoms with Crippen molar-refractivity contribution in [3.63, 3.8) is 0 Å². The second kappa shape index (κ2) is 7.16. The Hall–Kier alpha value is -1.96. The number of hydrogen-bond acceptors (Lipinski definition) is 7. The number of nitrogens with zero attached hydrogens (tertiary/aromatic N) is 4. The Morgan fingerprint density at radius 3 is 2.95 bits per heavy atom. The molecule has 1 unspecified atom stereocenters. The summed E-state index contributed by atoms with van der Waals surface area (Å²) in [5, 5.41) is 17.2. The van der Waals surface area contributed by atoms with Gasteiger partial charge in [0.15, 0.2) is 0 Å². The van der Waals surface area contributed by atoms with Crippen LogP contribution in [-0.4, -0.2) is 52.5 Å². The van der Waals surface area contributed by atoms with E-state index >= 15 is 0 Å². The predicted molar refractivity (Wildman–Crippen MR) is 81.6 cm³/mol. The smallest absolute Gasteiger partial charge is 0.329 e. The average Bonchev–Trinajstić information content (AvgIpc) is 2.88. The summed E-state index contributed by atoms with van der Waals surface area (Å²) in [5.41, 5.74) is -0.0855. The molecule has 1 saturated heterocycles. The molecule has 8 nitrogen and oxygen atoms in total. The van der Waals surface area contributed by atoms with Gasteiger partial charge in [-0.15, -0.1) is 0 Å². The van der Waals surface area contributed by atoms with E-state index in [9.17, 15) is 10.1 Å². The van der Waals surface area contributed by atoms with Crippen LogP contribution in [0, 0.1) is 10.1 Å². The molecular formula is C13H22N6O2. The molecule has 1 aromatic rings. The van der Waals surface area contributed by atoms with Gasteiger partial charge in [-0.3, -0.25) is 10.1 Å². The molecule has 21 heavy (non-hydrogen) atoms. The van der Waals surface area contributed by atoms with E-state index in [2.05, 4.69) is 32.5 Å². The Labute approximate surface area is 124 Å². The Morgan fingerprint density at radius 1 is 1.52 bits per heavy atom. The molecule has 0 amide bonds. The van der Waals surface area contributed by atoms with Crippen molar-refractivity contribution in [2.24, 2.45) is 0 Å². The lowest BCUT2D eigenvalue weighted by Gasteiger charge is -2.19. The van der Waals surface area contributed by atoms with E-state index in [4.69, 9.17) is 0 Å². The molecule has 0 bridgehead atoms. The third kappa shape index (κ3) is 4.01. The molecule has 8 heteroatoms. The van der Waals surface area contributed by atoms with E-state index < -0.39 is 4.92 Å². The molecule has 0 aromatic carbocycles. The van der Waals surface area contributed by atoms with Crippen LogP contribution >= 0.6 is 0 Å². The standard InChI is InChI=1S/C13H22N6O2/c1-3-6-14-13-16-9-11(19(20)21)12(17-13)15-8-10-5-4-7-18(10)2/h9-10H,3-8H2,1-2H3,(H2,14,15,16,17). The van der Waals surface area contributed by atoms with Gasteiger partial charge in [0.2, 0.25) is 11.8 Å². The molecule has 1 aliphatic heterocycles. The van der Waals surface area contributed by atoms with Crippen molar-refractivity contribution in [1.82, 2.24) is 14.9 Å². The summed E-state index contributed by atoms with van der Waals surface area (Å²) >= 11 is 0. The molecule has 2 heterocycles. The maximum absolute atomic E-state index is 11.1. The first-order chi connectivity index (χ1) is 10.1. The topological polar surface area (TPSA) is 96.2 Å². The van der Waals surface area contributed by atoms with Crippen molar-refractivity contribution in [2.45, 2.75) is 32.2 Å². The summed E-state index contributed by atoms with van der Waals surface area (Å²) in [6.07, 6.45) is 4.46. The highest BCUT2D eigenvalue weighted by Gasteiger charge is 2.23. The first-order valence-corrected chi connectivity index (χ1v) is 7.31. The average molecular weight is 294 g/mol. The molecule has 1 aliphatic rings. The number of aromatic nitrogens is 2. The largest absolute Gasteiger partial charge is 0.363 e. The van der Waals surface area contributed by atoms with E-state index in [0.717, 1.165) is 32.4 Å². The lowest BCUT2D eigenvalue weighted by Crippen LogP contribution is -2.32. The van der Waals surface area contributed by atoms with E-state index in [0.29, 0.717) is 18.5 Å². The van der Waals surface area contributed by atoms with Gasteiger partial charge in [-0.1, -0.05) is 6.92 Å². The van der Waals surface area contributed by atoms with Crippen molar-refractivity contribution in [3.05, 3.63) is 16.3 Å². The second-order valence-electron chi connectivity index (χ2n) is 5.27. The third-order valence-electron chi connectivity index (χ3n) is 3.68. The van der Waals surface area contributed by atoms with Gasteiger partial charge in [0, 0.05) is 19.1 Å².